The molecule has 3 rings (SSSR count). The molecule has 3 heterocycles. The van der Waals surface area contributed by atoms with Crippen LogP contribution in [0.1, 0.15) is 22.7 Å². The van der Waals surface area contributed by atoms with Crippen LogP contribution in [-0.2, 0) is 0 Å². The van der Waals surface area contributed by atoms with Crippen LogP contribution in [0.25, 0.3) is 0 Å². The molecule has 1 saturated heterocycles. The standard InChI is InChI=1S/C16H20N4O3/c1-12-9-13(18-23-12)15(21)19(2)10-16(22)6-8-20(11-16)14-5-3-4-7-17-14/h3-5,7,9,22H,6,8,10-11H2,1-2H3/t16-/m0/s1. The number of likely N-dealkylation sites (N-methyl/N-ethyl adjacent to an activating group) is 1. The monoisotopic (exact) mass is 316 g/mol. The van der Waals surface area contributed by atoms with Crippen LogP contribution in [0.15, 0.2) is 35.0 Å². The SMILES string of the molecule is Cc1cc(C(=O)N(C)C[C@@]2(O)CCN(c3ccccn3)C2)no1. The summed E-state index contributed by atoms with van der Waals surface area (Å²) in [7, 11) is 1.66. The van der Waals surface area contributed by atoms with E-state index in [1.807, 2.05) is 23.1 Å². The Morgan fingerprint density at radius 3 is 3.00 bits per heavy atom. The molecule has 2 aromatic rings. The van der Waals surface area contributed by atoms with Crippen molar-refractivity contribution in [2.45, 2.75) is 18.9 Å². The van der Waals surface area contributed by atoms with Gasteiger partial charge in [-0.1, -0.05) is 11.2 Å². The van der Waals surface area contributed by atoms with Crippen LogP contribution >= 0.6 is 0 Å². The normalized spacial score (nSPS) is 20.7. The van der Waals surface area contributed by atoms with Gasteiger partial charge in [0.05, 0.1) is 6.54 Å². The number of hydrogen-bond acceptors (Lipinski definition) is 6. The number of aliphatic hydroxyl groups is 1. The van der Waals surface area contributed by atoms with E-state index in [9.17, 15) is 9.90 Å². The third-order valence-corrected chi connectivity index (χ3v) is 4.03. The molecule has 7 nitrogen and oxygen atoms in total. The fraction of sp³-hybridized carbons (Fsp3) is 0.438. The predicted molar refractivity (Wildman–Crippen MR) is 84.2 cm³/mol. The van der Waals surface area contributed by atoms with Gasteiger partial charge < -0.3 is 19.4 Å². The number of aromatic nitrogens is 2. The number of rotatable bonds is 4. The van der Waals surface area contributed by atoms with Crippen molar-refractivity contribution >= 4 is 11.7 Å². The molecule has 0 aromatic carbocycles. The van der Waals surface area contributed by atoms with E-state index in [0.717, 1.165) is 5.82 Å². The minimum absolute atomic E-state index is 0.237. The minimum Gasteiger partial charge on any atom is -0.386 e. The van der Waals surface area contributed by atoms with Gasteiger partial charge in [-0.2, -0.15) is 0 Å². The van der Waals surface area contributed by atoms with E-state index in [1.54, 1.807) is 26.2 Å². The van der Waals surface area contributed by atoms with Crippen molar-refractivity contribution in [3.05, 3.63) is 41.9 Å². The quantitative estimate of drug-likeness (QED) is 0.909. The summed E-state index contributed by atoms with van der Waals surface area (Å²) >= 11 is 0. The Morgan fingerprint density at radius 2 is 2.35 bits per heavy atom. The molecule has 1 N–H and O–H groups in total. The van der Waals surface area contributed by atoms with Crippen molar-refractivity contribution in [3.8, 4) is 0 Å². The smallest absolute Gasteiger partial charge is 0.275 e. The Morgan fingerprint density at radius 1 is 1.52 bits per heavy atom. The maximum atomic E-state index is 12.3. The fourth-order valence-electron chi connectivity index (χ4n) is 2.90. The minimum atomic E-state index is -0.958. The Bertz CT molecular complexity index is 688. The summed E-state index contributed by atoms with van der Waals surface area (Å²) in [6, 6.07) is 7.29. The van der Waals surface area contributed by atoms with Gasteiger partial charge in [-0.25, -0.2) is 4.98 Å². The molecule has 0 aliphatic carbocycles. The number of carbonyl (C=O) groups excluding carboxylic acids is 1. The van der Waals surface area contributed by atoms with E-state index in [0.29, 0.717) is 25.3 Å². The summed E-state index contributed by atoms with van der Waals surface area (Å²) in [4.78, 5) is 20.1. The van der Waals surface area contributed by atoms with Crippen LogP contribution < -0.4 is 4.90 Å². The lowest BCUT2D eigenvalue weighted by Gasteiger charge is -2.28. The third kappa shape index (κ3) is 3.34. The van der Waals surface area contributed by atoms with Gasteiger partial charge in [-0.05, 0) is 25.5 Å². The molecule has 0 bridgehead atoms. The summed E-state index contributed by atoms with van der Waals surface area (Å²) in [6.45, 7) is 3.12. The molecular formula is C16H20N4O3. The lowest BCUT2D eigenvalue weighted by molar-refractivity contribution is 0.0260. The highest BCUT2D eigenvalue weighted by Gasteiger charge is 2.38. The lowest BCUT2D eigenvalue weighted by Crippen LogP contribution is -2.46. The van der Waals surface area contributed by atoms with E-state index in [-0.39, 0.29) is 18.1 Å². The zero-order valence-corrected chi connectivity index (χ0v) is 13.3. The number of carbonyl (C=O) groups is 1. The molecule has 1 amide bonds. The Labute approximate surface area is 134 Å². The van der Waals surface area contributed by atoms with Crippen LogP contribution in [0.2, 0.25) is 0 Å². The molecule has 0 saturated carbocycles. The number of amides is 1. The first kappa shape index (κ1) is 15.5. The van der Waals surface area contributed by atoms with Gasteiger partial charge in [0.1, 0.15) is 17.2 Å². The Hall–Kier alpha value is -2.41. The number of β-amino-alcohol motifs (C(OH)–C–C–N with tert-alkyl or cyclic N) is 1. The molecule has 0 spiro atoms. The predicted octanol–water partition coefficient (Wildman–Crippen LogP) is 1.09. The molecule has 122 valence electrons. The van der Waals surface area contributed by atoms with E-state index in [1.165, 1.54) is 4.90 Å². The number of pyridine rings is 1. The molecule has 0 radical (unpaired) electrons. The topological polar surface area (TPSA) is 82.7 Å². The zero-order valence-electron chi connectivity index (χ0n) is 13.3. The van der Waals surface area contributed by atoms with E-state index in [4.69, 9.17) is 4.52 Å². The molecule has 1 aliphatic rings. The fourth-order valence-corrected chi connectivity index (χ4v) is 2.90. The highest BCUT2D eigenvalue weighted by Crippen LogP contribution is 2.26. The third-order valence-electron chi connectivity index (χ3n) is 4.03. The largest absolute Gasteiger partial charge is 0.386 e. The molecule has 23 heavy (non-hydrogen) atoms. The van der Waals surface area contributed by atoms with Crippen molar-refractivity contribution in [2.75, 3.05) is 31.6 Å². The van der Waals surface area contributed by atoms with Gasteiger partial charge in [0.25, 0.3) is 5.91 Å². The Kier molecular flexibility index (Phi) is 4.04. The van der Waals surface area contributed by atoms with Crippen LogP contribution in [0.5, 0.6) is 0 Å². The average molecular weight is 316 g/mol. The van der Waals surface area contributed by atoms with Crippen molar-refractivity contribution in [3.63, 3.8) is 0 Å². The summed E-state index contributed by atoms with van der Waals surface area (Å²) in [5.41, 5.74) is -0.700. The van der Waals surface area contributed by atoms with Gasteiger partial charge in [0.2, 0.25) is 0 Å². The van der Waals surface area contributed by atoms with Gasteiger partial charge in [-0.15, -0.1) is 0 Å². The first-order valence-electron chi connectivity index (χ1n) is 7.54. The number of nitrogens with zero attached hydrogens (tertiary/aromatic N) is 4. The van der Waals surface area contributed by atoms with E-state index < -0.39 is 5.60 Å². The maximum Gasteiger partial charge on any atom is 0.275 e. The number of hydrogen-bond donors (Lipinski definition) is 1. The molecule has 1 aliphatic heterocycles. The summed E-state index contributed by atoms with van der Waals surface area (Å²) in [6.07, 6.45) is 2.31. The first-order valence-corrected chi connectivity index (χ1v) is 7.54. The molecule has 1 atom stereocenters. The molecular weight excluding hydrogens is 296 g/mol. The average Bonchev–Trinajstić information content (AvgIpc) is 3.14. The van der Waals surface area contributed by atoms with Gasteiger partial charge in [0, 0.05) is 32.4 Å². The maximum absolute atomic E-state index is 12.3. The molecule has 7 heteroatoms. The van der Waals surface area contributed by atoms with Crippen molar-refractivity contribution in [1.29, 1.82) is 0 Å². The molecule has 0 unspecified atom stereocenters. The first-order chi connectivity index (χ1) is 11.0. The van der Waals surface area contributed by atoms with Crippen LogP contribution in [0, 0.1) is 6.92 Å². The molecule has 2 aromatic heterocycles. The summed E-state index contributed by atoms with van der Waals surface area (Å²) in [5.74, 6) is 1.17. The van der Waals surface area contributed by atoms with E-state index in [2.05, 4.69) is 10.1 Å². The number of aryl methyl sites for hydroxylation is 1. The summed E-state index contributed by atoms with van der Waals surface area (Å²) < 4.78 is 4.93. The van der Waals surface area contributed by atoms with Gasteiger partial charge in [0.15, 0.2) is 5.69 Å². The number of anilines is 1. The second-order valence-electron chi connectivity index (χ2n) is 6.07. The van der Waals surface area contributed by atoms with Crippen molar-refractivity contribution in [2.24, 2.45) is 0 Å². The van der Waals surface area contributed by atoms with E-state index >= 15 is 0 Å². The van der Waals surface area contributed by atoms with Crippen molar-refractivity contribution in [1.82, 2.24) is 15.0 Å². The van der Waals surface area contributed by atoms with Crippen LogP contribution in [0.4, 0.5) is 5.82 Å². The lowest BCUT2D eigenvalue weighted by atomic mass is 10.0. The van der Waals surface area contributed by atoms with Crippen molar-refractivity contribution < 1.29 is 14.4 Å². The second kappa shape index (κ2) is 6.00. The Balaban J connectivity index is 1.64. The highest BCUT2D eigenvalue weighted by atomic mass is 16.5. The van der Waals surface area contributed by atoms with Gasteiger partial charge >= 0.3 is 0 Å². The van der Waals surface area contributed by atoms with Crippen LogP contribution in [0.3, 0.4) is 0 Å². The summed E-state index contributed by atoms with van der Waals surface area (Å²) in [5, 5.41) is 14.5. The highest BCUT2D eigenvalue weighted by molar-refractivity contribution is 5.92. The van der Waals surface area contributed by atoms with Crippen LogP contribution in [-0.4, -0.2) is 58.3 Å². The zero-order chi connectivity index (χ0) is 16.4. The second-order valence-corrected chi connectivity index (χ2v) is 6.07. The van der Waals surface area contributed by atoms with Gasteiger partial charge in [-0.3, -0.25) is 4.79 Å². The molecule has 1 fully saturated rings.